The Morgan fingerprint density at radius 1 is 1.20 bits per heavy atom. The number of methoxy groups -OCH3 is 1. The highest BCUT2D eigenvalue weighted by Crippen LogP contribution is 2.41. The summed E-state index contributed by atoms with van der Waals surface area (Å²) in [6, 6.07) is 11.9. The molecule has 30 heavy (non-hydrogen) atoms. The van der Waals surface area contributed by atoms with E-state index in [1.54, 1.807) is 18.2 Å². The Bertz CT molecular complexity index is 873. The number of halogens is 3. The molecule has 1 aliphatic rings. The van der Waals surface area contributed by atoms with E-state index in [-0.39, 0.29) is 31.2 Å². The van der Waals surface area contributed by atoms with Crippen molar-refractivity contribution >= 4 is 5.91 Å². The second-order valence-electron chi connectivity index (χ2n) is 7.26. The largest absolute Gasteiger partial charge is 0.416 e. The first kappa shape index (κ1) is 22.3. The number of alkyl halides is 3. The van der Waals surface area contributed by atoms with Crippen LogP contribution in [0, 0.1) is 0 Å². The van der Waals surface area contributed by atoms with Gasteiger partial charge in [0.2, 0.25) is 5.91 Å². The SMILES string of the molecule is COCC(O)CNCC(=O)N1CCc2ccccc2C1c1ccccc1C(F)(F)F. The number of amides is 1. The molecule has 2 N–H and O–H groups in total. The van der Waals surface area contributed by atoms with Crippen LogP contribution in [0.25, 0.3) is 0 Å². The molecule has 0 aliphatic carbocycles. The molecule has 0 spiro atoms. The monoisotopic (exact) mass is 422 g/mol. The minimum absolute atomic E-state index is 0.0601. The number of aliphatic hydroxyl groups is 1. The summed E-state index contributed by atoms with van der Waals surface area (Å²) in [6.07, 6.45) is -4.73. The molecule has 2 aromatic carbocycles. The number of carbonyl (C=O) groups is 1. The van der Waals surface area contributed by atoms with Gasteiger partial charge in [-0.3, -0.25) is 4.79 Å². The van der Waals surface area contributed by atoms with Crippen molar-refractivity contribution in [3.8, 4) is 0 Å². The van der Waals surface area contributed by atoms with Crippen molar-refractivity contribution < 1.29 is 27.8 Å². The maximum atomic E-state index is 13.7. The smallest absolute Gasteiger partial charge is 0.389 e. The van der Waals surface area contributed by atoms with E-state index >= 15 is 0 Å². The maximum Gasteiger partial charge on any atom is 0.416 e. The van der Waals surface area contributed by atoms with Gasteiger partial charge in [0, 0.05) is 20.2 Å². The van der Waals surface area contributed by atoms with Gasteiger partial charge >= 0.3 is 6.18 Å². The van der Waals surface area contributed by atoms with Crippen LogP contribution in [0.3, 0.4) is 0 Å². The summed E-state index contributed by atoms with van der Waals surface area (Å²) in [6.45, 7) is 0.496. The van der Waals surface area contributed by atoms with E-state index < -0.39 is 23.9 Å². The Labute approximate surface area is 173 Å². The molecule has 0 aromatic heterocycles. The van der Waals surface area contributed by atoms with Crippen molar-refractivity contribution in [3.05, 3.63) is 70.8 Å². The quantitative estimate of drug-likeness (QED) is 0.721. The minimum Gasteiger partial charge on any atom is -0.389 e. The standard InChI is InChI=1S/C22H25F3N2O3/c1-30-14-16(28)12-26-13-20(29)27-11-10-15-6-2-3-7-17(15)21(27)18-8-4-5-9-19(18)22(23,24)25/h2-9,16,21,26,28H,10-14H2,1H3. The molecule has 1 aliphatic heterocycles. The predicted molar refractivity (Wildman–Crippen MR) is 106 cm³/mol. The molecule has 162 valence electrons. The molecule has 0 bridgehead atoms. The number of fused-ring (bicyclic) bond motifs is 1. The van der Waals surface area contributed by atoms with Gasteiger partial charge in [0.1, 0.15) is 0 Å². The molecule has 2 unspecified atom stereocenters. The van der Waals surface area contributed by atoms with Gasteiger partial charge < -0.3 is 20.1 Å². The third kappa shape index (κ3) is 5.00. The van der Waals surface area contributed by atoms with Crippen molar-refractivity contribution in [2.75, 3.05) is 33.4 Å². The molecule has 8 heteroatoms. The number of nitrogens with one attached hydrogen (secondary N) is 1. The molecule has 5 nitrogen and oxygen atoms in total. The number of aliphatic hydroxyl groups excluding tert-OH is 1. The van der Waals surface area contributed by atoms with Crippen LogP contribution >= 0.6 is 0 Å². The molecule has 0 radical (unpaired) electrons. The second-order valence-corrected chi connectivity index (χ2v) is 7.26. The Morgan fingerprint density at radius 3 is 2.57 bits per heavy atom. The minimum atomic E-state index is -4.53. The number of rotatable bonds is 7. The highest BCUT2D eigenvalue weighted by molar-refractivity contribution is 5.80. The third-order valence-electron chi connectivity index (χ3n) is 5.18. The van der Waals surface area contributed by atoms with E-state index in [1.807, 2.05) is 12.1 Å². The molecule has 1 heterocycles. The number of ether oxygens (including phenoxy) is 1. The Morgan fingerprint density at radius 2 is 1.87 bits per heavy atom. The van der Waals surface area contributed by atoms with Crippen LogP contribution in [0.15, 0.2) is 48.5 Å². The first-order chi connectivity index (χ1) is 14.3. The summed E-state index contributed by atoms with van der Waals surface area (Å²) in [5.74, 6) is -0.323. The lowest BCUT2D eigenvalue weighted by molar-refractivity contribution is -0.140. The van der Waals surface area contributed by atoms with Crippen molar-refractivity contribution in [2.45, 2.75) is 24.7 Å². The number of hydrogen-bond donors (Lipinski definition) is 2. The van der Waals surface area contributed by atoms with Gasteiger partial charge in [-0.2, -0.15) is 13.2 Å². The van der Waals surface area contributed by atoms with Gasteiger partial charge in [-0.1, -0.05) is 42.5 Å². The van der Waals surface area contributed by atoms with Gasteiger partial charge in [0.25, 0.3) is 0 Å². The third-order valence-corrected chi connectivity index (χ3v) is 5.18. The zero-order chi connectivity index (χ0) is 21.7. The van der Waals surface area contributed by atoms with Gasteiger partial charge in [0.05, 0.1) is 30.9 Å². The van der Waals surface area contributed by atoms with Crippen LogP contribution in [0.4, 0.5) is 13.2 Å². The summed E-state index contributed by atoms with van der Waals surface area (Å²) in [4.78, 5) is 14.4. The van der Waals surface area contributed by atoms with Crippen molar-refractivity contribution in [1.82, 2.24) is 10.2 Å². The molecule has 2 aromatic rings. The molecule has 2 atom stereocenters. The first-order valence-corrected chi connectivity index (χ1v) is 9.74. The lowest BCUT2D eigenvalue weighted by atomic mass is 9.86. The Hall–Kier alpha value is -2.42. The summed E-state index contributed by atoms with van der Waals surface area (Å²) < 4.78 is 46.0. The van der Waals surface area contributed by atoms with Gasteiger partial charge in [-0.05, 0) is 29.2 Å². The zero-order valence-electron chi connectivity index (χ0n) is 16.7. The molecule has 0 fully saturated rings. The van der Waals surface area contributed by atoms with Crippen LogP contribution in [-0.2, 0) is 22.1 Å². The fourth-order valence-corrected chi connectivity index (χ4v) is 3.86. The zero-order valence-corrected chi connectivity index (χ0v) is 16.7. The van der Waals surface area contributed by atoms with Crippen LogP contribution in [0.1, 0.15) is 28.3 Å². The number of benzene rings is 2. The molecular formula is C22H25F3N2O3. The first-order valence-electron chi connectivity index (χ1n) is 9.74. The maximum absolute atomic E-state index is 13.7. The average Bonchev–Trinajstić information content (AvgIpc) is 2.72. The predicted octanol–water partition coefficient (Wildman–Crippen LogP) is 2.78. The fraction of sp³-hybridized carbons (Fsp3) is 0.409. The summed E-state index contributed by atoms with van der Waals surface area (Å²) in [5, 5.41) is 12.6. The Kier molecular flexibility index (Phi) is 7.12. The van der Waals surface area contributed by atoms with Crippen LogP contribution in [0.2, 0.25) is 0 Å². The molecule has 0 saturated heterocycles. The van der Waals surface area contributed by atoms with Gasteiger partial charge in [0.15, 0.2) is 0 Å². The van der Waals surface area contributed by atoms with E-state index in [4.69, 9.17) is 4.74 Å². The average molecular weight is 422 g/mol. The number of nitrogens with zero attached hydrogens (tertiary/aromatic N) is 1. The van der Waals surface area contributed by atoms with Gasteiger partial charge in [-0.15, -0.1) is 0 Å². The summed E-state index contributed by atoms with van der Waals surface area (Å²) in [5.41, 5.74) is 0.957. The van der Waals surface area contributed by atoms with E-state index in [1.165, 1.54) is 24.1 Å². The topological polar surface area (TPSA) is 61.8 Å². The molecular weight excluding hydrogens is 397 g/mol. The van der Waals surface area contributed by atoms with Crippen LogP contribution in [0.5, 0.6) is 0 Å². The van der Waals surface area contributed by atoms with E-state index in [0.29, 0.717) is 18.5 Å². The lowest BCUT2D eigenvalue weighted by Gasteiger charge is -2.39. The lowest BCUT2D eigenvalue weighted by Crippen LogP contribution is -2.46. The van der Waals surface area contributed by atoms with E-state index in [9.17, 15) is 23.1 Å². The highest BCUT2D eigenvalue weighted by Gasteiger charge is 2.39. The number of carbonyl (C=O) groups excluding carboxylic acids is 1. The summed E-state index contributed by atoms with van der Waals surface area (Å²) >= 11 is 0. The highest BCUT2D eigenvalue weighted by atomic mass is 19.4. The van der Waals surface area contributed by atoms with Crippen molar-refractivity contribution in [3.63, 3.8) is 0 Å². The van der Waals surface area contributed by atoms with Crippen LogP contribution in [-0.4, -0.2) is 55.4 Å². The number of hydrogen-bond acceptors (Lipinski definition) is 4. The van der Waals surface area contributed by atoms with E-state index in [0.717, 1.165) is 11.6 Å². The van der Waals surface area contributed by atoms with Gasteiger partial charge in [-0.25, -0.2) is 0 Å². The van der Waals surface area contributed by atoms with Crippen molar-refractivity contribution in [2.24, 2.45) is 0 Å². The fourth-order valence-electron chi connectivity index (χ4n) is 3.86. The molecule has 3 rings (SSSR count). The van der Waals surface area contributed by atoms with Crippen molar-refractivity contribution in [1.29, 1.82) is 0 Å². The van der Waals surface area contributed by atoms with Crippen LogP contribution < -0.4 is 5.32 Å². The molecule has 0 saturated carbocycles. The molecule has 1 amide bonds. The van der Waals surface area contributed by atoms with E-state index in [2.05, 4.69) is 5.32 Å². The normalized spacial score (nSPS) is 17.5. The second kappa shape index (κ2) is 9.59. The Balaban J connectivity index is 1.92. The summed E-state index contributed by atoms with van der Waals surface area (Å²) in [7, 11) is 1.46.